The topological polar surface area (TPSA) is 26.0 Å². The molecule has 0 radical (unpaired) electrons. The third-order valence-electron chi connectivity index (χ3n) is 2.60. The Morgan fingerprint density at radius 2 is 1.82 bits per heavy atom. The van der Waals surface area contributed by atoms with Crippen LogP contribution in [0.3, 0.4) is 0 Å². The van der Waals surface area contributed by atoms with Crippen molar-refractivity contribution in [1.82, 2.24) is 0 Å². The van der Waals surface area contributed by atoms with Crippen molar-refractivity contribution < 1.29 is 0 Å². The summed E-state index contributed by atoms with van der Waals surface area (Å²) in [5.41, 5.74) is 9.31. The first kappa shape index (κ1) is 13.5. The Kier molecular flexibility index (Phi) is 6.09. The molecular weight excluding hydrogens is 205 g/mol. The summed E-state index contributed by atoms with van der Waals surface area (Å²) in [5, 5.41) is 0. The maximum absolute atomic E-state index is 5.80. The molecule has 0 aromatic heterocycles. The van der Waals surface area contributed by atoms with Crippen LogP contribution >= 0.6 is 0 Å². The first-order chi connectivity index (χ1) is 8.26. The first-order valence-electron chi connectivity index (χ1n) is 6.02. The molecule has 0 atom stereocenters. The van der Waals surface area contributed by atoms with Gasteiger partial charge in [-0.05, 0) is 0 Å². The summed E-state index contributed by atoms with van der Waals surface area (Å²) >= 11 is 0. The fraction of sp³-hybridized carbons (Fsp3) is 0.267. The molecule has 0 amide bonds. The molecule has 1 aromatic carbocycles. The van der Waals surface area contributed by atoms with Crippen LogP contribution in [0.15, 0.2) is 48.6 Å². The SMILES string of the molecule is CB=C(N)Cc1ccc(C/C=C\C=C/C)cc1. The molecule has 0 aliphatic rings. The fourth-order valence-electron chi connectivity index (χ4n) is 1.52. The average molecular weight is 225 g/mol. The van der Waals surface area contributed by atoms with E-state index in [0.29, 0.717) is 0 Å². The van der Waals surface area contributed by atoms with Gasteiger partial charge in [-0.2, -0.15) is 0 Å². The minimum absolute atomic E-state index is 0.838. The summed E-state index contributed by atoms with van der Waals surface area (Å²) in [6, 6.07) is 8.63. The molecule has 0 saturated carbocycles. The Bertz CT molecular complexity index is 413. The molecule has 0 heterocycles. The molecule has 2 heteroatoms. The molecule has 0 bridgehead atoms. The Labute approximate surface area is 105 Å². The van der Waals surface area contributed by atoms with E-state index < -0.39 is 0 Å². The molecule has 17 heavy (non-hydrogen) atoms. The minimum atomic E-state index is 0.838. The van der Waals surface area contributed by atoms with E-state index >= 15 is 0 Å². The van der Waals surface area contributed by atoms with Crippen LogP contribution in [0.1, 0.15) is 18.1 Å². The summed E-state index contributed by atoms with van der Waals surface area (Å²) in [6.07, 6.45) is 10.1. The predicted molar refractivity (Wildman–Crippen MR) is 78.6 cm³/mol. The van der Waals surface area contributed by atoms with Crippen molar-refractivity contribution in [3.8, 4) is 0 Å². The fourth-order valence-corrected chi connectivity index (χ4v) is 1.52. The van der Waals surface area contributed by atoms with Gasteiger partial charge in [0.2, 0.25) is 0 Å². The van der Waals surface area contributed by atoms with Gasteiger partial charge in [0.15, 0.2) is 0 Å². The number of hydrogen-bond donors (Lipinski definition) is 1. The summed E-state index contributed by atoms with van der Waals surface area (Å²) in [6.45, 7) is 5.94. The van der Waals surface area contributed by atoms with Gasteiger partial charge in [0.25, 0.3) is 0 Å². The van der Waals surface area contributed by atoms with Crippen LogP contribution in [0.5, 0.6) is 0 Å². The Balaban J connectivity index is 2.56. The molecular formula is C15H20BN. The van der Waals surface area contributed by atoms with E-state index in [2.05, 4.69) is 36.4 Å². The Morgan fingerprint density at radius 1 is 1.18 bits per heavy atom. The van der Waals surface area contributed by atoms with E-state index in [1.54, 1.807) is 0 Å². The zero-order chi connectivity index (χ0) is 12.5. The second kappa shape index (κ2) is 7.67. The molecule has 0 aliphatic heterocycles. The van der Waals surface area contributed by atoms with E-state index in [1.165, 1.54) is 11.1 Å². The van der Waals surface area contributed by atoms with Crippen molar-refractivity contribution in [2.45, 2.75) is 26.6 Å². The van der Waals surface area contributed by atoms with E-state index in [1.807, 2.05) is 32.8 Å². The van der Waals surface area contributed by atoms with Crippen LogP contribution in [-0.4, -0.2) is 12.5 Å². The molecule has 1 nitrogen and oxygen atoms in total. The zero-order valence-corrected chi connectivity index (χ0v) is 10.7. The molecule has 88 valence electrons. The van der Waals surface area contributed by atoms with Crippen molar-refractivity contribution in [3.63, 3.8) is 0 Å². The van der Waals surface area contributed by atoms with Gasteiger partial charge in [0, 0.05) is 0 Å². The van der Waals surface area contributed by atoms with Crippen LogP contribution in [0, 0.1) is 0 Å². The number of allylic oxidation sites excluding steroid dienone is 4. The number of nitrogens with two attached hydrogens (primary N) is 1. The van der Waals surface area contributed by atoms with Crippen LogP contribution in [0.2, 0.25) is 6.82 Å². The summed E-state index contributed by atoms with van der Waals surface area (Å²) in [4.78, 5) is 0. The van der Waals surface area contributed by atoms with Crippen molar-refractivity contribution >= 4 is 12.5 Å². The van der Waals surface area contributed by atoms with Crippen molar-refractivity contribution in [1.29, 1.82) is 0 Å². The zero-order valence-electron chi connectivity index (χ0n) is 10.7. The summed E-state index contributed by atoms with van der Waals surface area (Å²) < 4.78 is 0. The number of hydrogen-bond acceptors (Lipinski definition) is 1. The molecule has 0 aliphatic carbocycles. The molecule has 2 N–H and O–H groups in total. The standard InChI is InChI=1S/C15H20BN/c1-3-4-5-6-7-13-8-10-14(11-9-13)12-15(17)16-2/h3-6,8-11H,7,12,17H2,1-2H3/b4-3-,6-5-. The van der Waals surface area contributed by atoms with Crippen LogP contribution in [0.25, 0.3) is 0 Å². The quantitative estimate of drug-likeness (QED) is 0.605. The van der Waals surface area contributed by atoms with Crippen LogP contribution < -0.4 is 5.73 Å². The van der Waals surface area contributed by atoms with Gasteiger partial charge in [-0.25, -0.2) is 0 Å². The molecule has 1 aromatic rings. The second-order valence-corrected chi connectivity index (χ2v) is 4.01. The molecule has 0 fully saturated rings. The van der Waals surface area contributed by atoms with E-state index in [9.17, 15) is 0 Å². The molecule has 0 unspecified atom stereocenters. The van der Waals surface area contributed by atoms with Gasteiger partial charge in [0.05, 0.1) is 0 Å². The van der Waals surface area contributed by atoms with Gasteiger partial charge in [-0.15, -0.1) is 0 Å². The van der Waals surface area contributed by atoms with Crippen molar-refractivity contribution in [3.05, 3.63) is 59.7 Å². The Morgan fingerprint density at radius 3 is 2.41 bits per heavy atom. The summed E-state index contributed by atoms with van der Waals surface area (Å²) in [5.74, 6) is 0. The van der Waals surface area contributed by atoms with Crippen LogP contribution in [-0.2, 0) is 12.8 Å². The van der Waals surface area contributed by atoms with Gasteiger partial charge >= 0.3 is 105 Å². The Hall–Kier alpha value is -1.57. The van der Waals surface area contributed by atoms with E-state index in [-0.39, 0.29) is 0 Å². The molecule has 1 rings (SSSR count). The van der Waals surface area contributed by atoms with E-state index in [4.69, 9.17) is 5.73 Å². The predicted octanol–water partition coefficient (Wildman–Crippen LogP) is 2.74. The van der Waals surface area contributed by atoms with Crippen LogP contribution in [0.4, 0.5) is 0 Å². The third kappa shape index (κ3) is 5.35. The van der Waals surface area contributed by atoms with E-state index in [0.717, 1.165) is 18.4 Å². The maximum atomic E-state index is 5.80. The molecule has 0 spiro atoms. The average Bonchev–Trinajstić information content (AvgIpc) is 2.36. The van der Waals surface area contributed by atoms with Gasteiger partial charge in [-0.1, -0.05) is 0 Å². The normalized spacial score (nSPS) is 12.2. The van der Waals surface area contributed by atoms with Crippen molar-refractivity contribution in [2.75, 3.05) is 0 Å². The summed E-state index contributed by atoms with van der Waals surface area (Å²) in [7, 11) is 0. The van der Waals surface area contributed by atoms with Gasteiger partial charge < -0.3 is 0 Å². The second-order valence-electron chi connectivity index (χ2n) is 4.01. The van der Waals surface area contributed by atoms with Crippen molar-refractivity contribution in [2.24, 2.45) is 5.73 Å². The number of rotatable bonds is 5. The first-order valence-corrected chi connectivity index (χ1v) is 6.02. The number of benzene rings is 1. The monoisotopic (exact) mass is 225 g/mol. The van der Waals surface area contributed by atoms with Gasteiger partial charge in [0.1, 0.15) is 0 Å². The molecule has 0 saturated heterocycles. The van der Waals surface area contributed by atoms with Gasteiger partial charge in [-0.3, -0.25) is 0 Å². The third-order valence-corrected chi connectivity index (χ3v) is 2.60.